The first-order valence-electron chi connectivity index (χ1n) is 13.8. The minimum Gasteiger partial charge on any atom is -0.456 e. The molecule has 0 aliphatic heterocycles. The molecule has 3 heteroatoms. The molecule has 0 aliphatic rings. The number of nitrogens with zero attached hydrogens (tertiary/aromatic N) is 2. The fourth-order valence-corrected chi connectivity index (χ4v) is 5.68. The highest BCUT2D eigenvalue weighted by atomic mass is 16.3. The maximum absolute atomic E-state index is 6.17. The summed E-state index contributed by atoms with van der Waals surface area (Å²) in [7, 11) is 0. The first-order valence-corrected chi connectivity index (χ1v) is 13.8. The molecule has 192 valence electrons. The molecule has 0 spiro atoms. The summed E-state index contributed by atoms with van der Waals surface area (Å²) in [6, 6.07) is 50.1. The number of fused-ring (bicyclic) bond motifs is 4. The van der Waals surface area contributed by atoms with Gasteiger partial charge < -0.3 is 4.42 Å². The Hall–Kier alpha value is -5.54. The number of hydrogen-bond donors (Lipinski definition) is 0. The lowest BCUT2D eigenvalue weighted by atomic mass is 9.97. The zero-order valence-corrected chi connectivity index (χ0v) is 22.2. The lowest BCUT2D eigenvalue weighted by molar-refractivity contribution is 0.669. The molecule has 0 saturated carbocycles. The molecule has 0 unspecified atom stereocenters. The molecule has 0 bridgehead atoms. The van der Waals surface area contributed by atoms with Crippen LogP contribution < -0.4 is 0 Å². The summed E-state index contributed by atoms with van der Waals surface area (Å²) < 4.78 is 6.17. The predicted molar refractivity (Wildman–Crippen MR) is 169 cm³/mol. The van der Waals surface area contributed by atoms with Crippen LogP contribution in [0.3, 0.4) is 0 Å². The van der Waals surface area contributed by atoms with Crippen molar-refractivity contribution in [2.75, 3.05) is 0 Å². The fraction of sp³-hybridized carbons (Fsp3) is 0. The zero-order chi connectivity index (χ0) is 27.2. The molecule has 0 fully saturated rings. The van der Waals surface area contributed by atoms with Gasteiger partial charge in [-0.05, 0) is 47.0 Å². The maximum atomic E-state index is 6.17. The topological polar surface area (TPSA) is 38.9 Å². The number of rotatable bonds is 4. The molecule has 6 aromatic carbocycles. The molecule has 3 nitrogen and oxygen atoms in total. The van der Waals surface area contributed by atoms with Crippen LogP contribution in [0.2, 0.25) is 0 Å². The Balaban J connectivity index is 1.29. The third kappa shape index (κ3) is 4.07. The van der Waals surface area contributed by atoms with Crippen molar-refractivity contribution in [1.82, 2.24) is 9.97 Å². The quantitative estimate of drug-likeness (QED) is 0.230. The molecule has 0 radical (unpaired) electrons. The van der Waals surface area contributed by atoms with Gasteiger partial charge in [-0.25, -0.2) is 9.97 Å². The molecular formula is C38H24N2O. The molecule has 41 heavy (non-hydrogen) atoms. The molecule has 2 heterocycles. The fourth-order valence-electron chi connectivity index (χ4n) is 5.68. The van der Waals surface area contributed by atoms with E-state index in [0.29, 0.717) is 0 Å². The summed E-state index contributed by atoms with van der Waals surface area (Å²) in [5.41, 5.74) is 11.8. The van der Waals surface area contributed by atoms with Crippen molar-refractivity contribution in [1.29, 1.82) is 0 Å². The van der Waals surface area contributed by atoms with E-state index in [2.05, 4.69) is 84.9 Å². The Kier molecular flexibility index (Phi) is 5.46. The van der Waals surface area contributed by atoms with E-state index in [1.165, 1.54) is 0 Å². The third-order valence-corrected chi connectivity index (χ3v) is 7.68. The van der Waals surface area contributed by atoms with Gasteiger partial charge in [0.2, 0.25) is 0 Å². The van der Waals surface area contributed by atoms with Gasteiger partial charge in [-0.1, -0.05) is 115 Å². The van der Waals surface area contributed by atoms with Gasteiger partial charge in [0.25, 0.3) is 0 Å². The molecule has 8 aromatic rings. The molecule has 0 atom stereocenters. The molecular weight excluding hydrogens is 500 g/mol. The second-order valence-electron chi connectivity index (χ2n) is 10.2. The molecule has 0 amide bonds. The standard InChI is InChI=1S/C38H24N2O/c1-3-11-25(12-4-1)36-37(26-13-5-2-6-14-26)40-38-30(18-10-19-33(38)39-36)29-16-9-15-27(23-29)28-21-22-32-31-17-7-8-20-34(31)41-35(32)24-28/h1-24H. The van der Waals surface area contributed by atoms with Gasteiger partial charge >= 0.3 is 0 Å². The smallest absolute Gasteiger partial charge is 0.136 e. The van der Waals surface area contributed by atoms with E-state index in [1.807, 2.05) is 60.7 Å². The molecule has 0 aliphatic carbocycles. The van der Waals surface area contributed by atoms with Crippen LogP contribution in [-0.4, -0.2) is 9.97 Å². The average molecular weight is 525 g/mol. The molecule has 0 saturated heterocycles. The first kappa shape index (κ1) is 23.4. The minimum absolute atomic E-state index is 0.870. The van der Waals surface area contributed by atoms with Gasteiger partial charge in [0.05, 0.1) is 22.4 Å². The lowest BCUT2D eigenvalue weighted by Crippen LogP contribution is -1.97. The average Bonchev–Trinajstić information content (AvgIpc) is 3.43. The summed E-state index contributed by atoms with van der Waals surface area (Å²) in [6.07, 6.45) is 0. The minimum atomic E-state index is 0.870. The van der Waals surface area contributed by atoms with E-state index in [-0.39, 0.29) is 0 Å². The number of aromatic nitrogens is 2. The van der Waals surface area contributed by atoms with Gasteiger partial charge in [-0.2, -0.15) is 0 Å². The van der Waals surface area contributed by atoms with E-state index < -0.39 is 0 Å². The Labute approximate surface area is 237 Å². The van der Waals surface area contributed by atoms with Crippen molar-refractivity contribution in [3.05, 3.63) is 146 Å². The second kappa shape index (κ2) is 9.58. The van der Waals surface area contributed by atoms with Crippen LogP contribution in [0.4, 0.5) is 0 Å². The number of benzene rings is 6. The molecule has 0 N–H and O–H groups in total. The van der Waals surface area contributed by atoms with Crippen LogP contribution in [0.1, 0.15) is 0 Å². The molecule has 8 rings (SSSR count). The van der Waals surface area contributed by atoms with E-state index >= 15 is 0 Å². The predicted octanol–water partition coefficient (Wildman–Crippen LogP) is 10.2. The summed E-state index contributed by atoms with van der Waals surface area (Å²) in [5, 5.41) is 2.27. The Bertz CT molecular complexity index is 2200. The van der Waals surface area contributed by atoms with Gasteiger partial charge in [0.1, 0.15) is 11.2 Å². The Morgan fingerprint density at radius 2 is 1.00 bits per heavy atom. The lowest BCUT2D eigenvalue weighted by Gasteiger charge is -2.13. The van der Waals surface area contributed by atoms with E-state index in [4.69, 9.17) is 14.4 Å². The van der Waals surface area contributed by atoms with Crippen molar-refractivity contribution in [3.63, 3.8) is 0 Å². The van der Waals surface area contributed by atoms with Crippen LogP contribution >= 0.6 is 0 Å². The van der Waals surface area contributed by atoms with Crippen molar-refractivity contribution < 1.29 is 4.42 Å². The highest BCUT2D eigenvalue weighted by molar-refractivity contribution is 6.06. The number of para-hydroxylation sites is 2. The zero-order valence-electron chi connectivity index (χ0n) is 22.2. The SMILES string of the molecule is c1ccc(-c2nc3cccc(-c4cccc(-c5ccc6c(c5)oc5ccccc56)c4)c3nc2-c2ccccc2)cc1. The van der Waals surface area contributed by atoms with Crippen molar-refractivity contribution >= 4 is 33.0 Å². The van der Waals surface area contributed by atoms with Gasteiger partial charge in [0, 0.05) is 27.5 Å². The van der Waals surface area contributed by atoms with Gasteiger partial charge in [-0.3, -0.25) is 0 Å². The van der Waals surface area contributed by atoms with E-state index in [1.54, 1.807) is 0 Å². The van der Waals surface area contributed by atoms with Crippen molar-refractivity contribution in [2.24, 2.45) is 0 Å². The highest BCUT2D eigenvalue weighted by Crippen LogP contribution is 2.37. The number of hydrogen-bond acceptors (Lipinski definition) is 3. The van der Waals surface area contributed by atoms with E-state index in [9.17, 15) is 0 Å². The largest absolute Gasteiger partial charge is 0.456 e. The summed E-state index contributed by atoms with van der Waals surface area (Å²) in [6.45, 7) is 0. The normalized spacial score (nSPS) is 11.4. The molecule has 2 aromatic heterocycles. The van der Waals surface area contributed by atoms with Crippen LogP contribution in [0.25, 0.3) is 77.7 Å². The monoisotopic (exact) mass is 524 g/mol. The van der Waals surface area contributed by atoms with Crippen molar-refractivity contribution in [3.8, 4) is 44.8 Å². The van der Waals surface area contributed by atoms with Crippen LogP contribution in [0.15, 0.2) is 150 Å². The highest BCUT2D eigenvalue weighted by Gasteiger charge is 2.16. The Morgan fingerprint density at radius 3 is 1.80 bits per heavy atom. The summed E-state index contributed by atoms with van der Waals surface area (Å²) >= 11 is 0. The van der Waals surface area contributed by atoms with Crippen LogP contribution in [-0.2, 0) is 0 Å². The summed E-state index contributed by atoms with van der Waals surface area (Å²) in [4.78, 5) is 10.5. The maximum Gasteiger partial charge on any atom is 0.136 e. The van der Waals surface area contributed by atoms with Gasteiger partial charge in [-0.15, -0.1) is 0 Å². The third-order valence-electron chi connectivity index (χ3n) is 7.68. The number of furan rings is 1. The van der Waals surface area contributed by atoms with Gasteiger partial charge in [0.15, 0.2) is 0 Å². The first-order chi connectivity index (χ1) is 20.3. The van der Waals surface area contributed by atoms with Crippen molar-refractivity contribution in [2.45, 2.75) is 0 Å². The van der Waals surface area contributed by atoms with Crippen LogP contribution in [0.5, 0.6) is 0 Å². The summed E-state index contributed by atoms with van der Waals surface area (Å²) in [5.74, 6) is 0. The van der Waals surface area contributed by atoms with E-state index in [0.717, 1.165) is 77.7 Å². The van der Waals surface area contributed by atoms with Crippen LogP contribution in [0, 0.1) is 0 Å². The second-order valence-corrected chi connectivity index (χ2v) is 10.2. The Morgan fingerprint density at radius 1 is 0.390 bits per heavy atom.